The fourth-order valence-electron chi connectivity index (χ4n) is 1.77. The van der Waals surface area contributed by atoms with E-state index in [0.717, 1.165) is 5.92 Å². The second kappa shape index (κ2) is 5.36. The SMILES string of the molecule is C/C=C(/C)CCCC1CCNC1. The Balaban J connectivity index is 2.01. The molecule has 1 heteroatoms. The highest BCUT2D eigenvalue weighted by atomic mass is 14.9. The molecule has 1 heterocycles. The molecule has 0 bridgehead atoms. The minimum Gasteiger partial charge on any atom is -0.316 e. The lowest BCUT2D eigenvalue weighted by molar-refractivity contribution is 0.509. The van der Waals surface area contributed by atoms with Crippen LogP contribution in [0.25, 0.3) is 0 Å². The van der Waals surface area contributed by atoms with Crippen LogP contribution in [0.15, 0.2) is 11.6 Å². The van der Waals surface area contributed by atoms with Crippen molar-refractivity contribution in [2.45, 2.75) is 39.5 Å². The molecule has 0 aromatic carbocycles. The predicted octanol–water partition coefficient (Wildman–Crippen LogP) is 2.73. The van der Waals surface area contributed by atoms with Crippen LogP contribution in [-0.2, 0) is 0 Å². The first-order valence-electron chi connectivity index (χ1n) is 5.15. The van der Waals surface area contributed by atoms with Gasteiger partial charge < -0.3 is 5.32 Å². The standard InChI is InChI=1S/C11H21N/c1-3-10(2)5-4-6-11-7-8-12-9-11/h3,11-12H,4-9H2,1-2H3/b10-3-. The summed E-state index contributed by atoms with van der Waals surface area (Å²) in [6.45, 7) is 6.86. The lowest BCUT2D eigenvalue weighted by atomic mass is 9.99. The molecule has 1 rings (SSSR count). The molecule has 12 heavy (non-hydrogen) atoms. The number of nitrogens with one attached hydrogen (secondary N) is 1. The lowest BCUT2D eigenvalue weighted by Crippen LogP contribution is -2.08. The summed E-state index contributed by atoms with van der Waals surface area (Å²) >= 11 is 0. The van der Waals surface area contributed by atoms with Crippen LogP contribution in [0.3, 0.4) is 0 Å². The highest BCUT2D eigenvalue weighted by Crippen LogP contribution is 2.17. The normalized spacial score (nSPS) is 24.8. The van der Waals surface area contributed by atoms with Crippen LogP contribution in [0.2, 0.25) is 0 Å². The van der Waals surface area contributed by atoms with Crippen molar-refractivity contribution in [3.63, 3.8) is 0 Å². The van der Waals surface area contributed by atoms with Gasteiger partial charge in [-0.15, -0.1) is 0 Å². The van der Waals surface area contributed by atoms with Crippen LogP contribution in [0, 0.1) is 5.92 Å². The van der Waals surface area contributed by atoms with Crippen molar-refractivity contribution in [3.05, 3.63) is 11.6 Å². The Morgan fingerprint density at radius 1 is 1.58 bits per heavy atom. The Bertz CT molecular complexity index is 143. The van der Waals surface area contributed by atoms with E-state index in [-0.39, 0.29) is 0 Å². The van der Waals surface area contributed by atoms with Crippen molar-refractivity contribution >= 4 is 0 Å². The van der Waals surface area contributed by atoms with E-state index in [1.54, 1.807) is 5.57 Å². The molecule has 1 fully saturated rings. The molecule has 1 aliphatic rings. The highest BCUT2D eigenvalue weighted by Gasteiger charge is 2.12. The minimum atomic E-state index is 0.967. The maximum atomic E-state index is 3.41. The van der Waals surface area contributed by atoms with Gasteiger partial charge in [0.05, 0.1) is 0 Å². The van der Waals surface area contributed by atoms with E-state index in [1.165, 1.54) is 38.8 Å². The summed E-state index contributed by atoms with van der Waals surface area (Å²) in [5.41, 5.74) is 1.54. The second-order valence-corrected chi connectivity index (χ2v) is 3.89. The van der Waals surface area contributed by atoms with E-state index in [0.29, 0.717) is 0 Å². The number of hydrogen-bond acceptors (Lipinski definition) is 1. The van der Waals surface area contributed by atoms with Gasteiger partial charge in [-0.1, -0.05) is 11.6 Å². The van der Waals surface area contributed by atoms with E-state index < -0.39 is 0 Å². The van der Waals surface area contributed by atoms with Crippen molar-refractivity contribution in [2.24, 2.45) is 5.92 Å². The Kier molecular flexibility index (Phi) is 4.37. The molecule has 0 aromatic heterocycles. The van der Waals surface area contributed by atoms with E-state index in [1.807, 2.05) is 0 Å². The molecular weight excluding hydrogens is 146 g/mol. The van der Waals surface area contributed by atoms with Crippen LogP contribution in [0.5, 0.6) is 0 Å². The van der Waals surface area contributed by atoms with E-state index in [4.69, 9.17) is 0 Å². The summed E-state index contributed by atoms with van der Waals surface area (Å²) in [5.74, 6) is 0.967. The van der Waals surface area contributed by atoms with Gasteiger partial charge in [-0.05, 0) is 58.5 Å². The highest BCUT2D eigenvalue weighted by molar-refractivity contribution is 4.95. The molecule has 0 aromatic rings. The first-order valence-corrected chi connectivity index (χ1v) is 5.15. The summed E-state index contributed by atoms with van der Waals surface area (Å²) in [5, 5.41) is 3.41. The third kappa shape index (κ3) is 3.40. The second-order valence-electron chi connectivity index (χ2n) is 3.89. The van der Waals surface area contributed by atoms with Crippen molar-refractivity contribution in [1.29, 1.82) is 0 Å². The van der Waals surface area contributed by atoms with Gasteiger partial charge in [0.15, 0.2) is 0 Å². The van der Waals surface area contributed by atoms with Crippen LogP contribution in [0.4, 0.5) is 0 Å². The van der Waals surface area contributed by atoms with Crippen molar-refractivity contribution in [3.8, 4) is 0 Å². The van der Waals surface area contributed by atoms with Crippen LogP contribution in [-0.4, -0.2) is 13.1 Å². The smallest absolute Gasteiger partial charge is 0.00200 e. The molecule has 70 valence electrons. The molecule has 1 N–H and O–H groups in total. The quantitative estimate of drug-likeness (QED) is 0.635. The van der Waals surface area contributed by atoms with Crippen LogP contribution >= 0.6 is 0 Å². The molecule has 0 radical (unpaired) electrons. The first-order chi connectivity index (χ1) is 5.83. The van der Waals surface area contributed by atoms with Gasteiger partial charge in [-0.25, -0.2) is 0 Å². The van der Waals surface area contributed by atoms with Gasteiger partial charge in [0.2, 0.25) is 0 Å². The zero-order chi connectivity index (χ0) is 8.81. The molecule has 1 saturated heterocycles. The van der Waals surface area contributed by atoms with E-state index in [9.17, 15) is 0 Å². The Labute approximate surface area is 76.2 Å². The zero-order valence-electron chi connectivity index (χ0n) is 8.40. The molecule has 1 aliphatic heterocycles. The summed E-state index contributed by atoms with van der Waals surface area (Å²) in [7, 11) is 0. The van der Waals surface area contributed by atoms with Crippen molar-refractivity contribution in [1.82, 2.24) is 5.32 Å². The van der Waals surface area contributed by atoms with Gasteiger partial charge >= 0.3 is 0 Å². The topological polar surface area (TPSA) is 12.0 Å². The van der Waals surface area contributed by atoms with Crippen LogP contribution < -0.4 is 5.32 Å². The Morgan fingerprint density at radius 2 is 2.42 bits per heavy atom. The van der Waals surface area contributed by atoms with E-state index in [2.05, 4.69) is 25.2 Å². The average Bonchev–Trinajstić information content (AvgIpc) is 2.57. The van der Waals surface area contributed by atoms with Gasteiger partial charge in [0, 0.05) is 0 Å². The monoisotopic (exact) mass is 167 g/mol. The fraction of sp³-hybridized carbons (Fsp3) is 0.818. The summed E-state index contributed by atoms with van der Waals surface area (Å²) in [4.78, 5) is 0. The molecule has 1 nitrogen and oxygen atoms in total. The maximum Gasteiger partial charge on any atom is -0.00200 e. The van der Waals surface area contributed by atoms with Crippen LogP contribution in [0.1, 0.15) is 39.5 Å². The Morgan fingerprint density at radius 3 is 3.00 bits per heavy atom. The number of rotatable bonds is 4. The summed E-state index contributed by atoms with van der Waals surface area (Å²) in [6.07, 6.45) is 7.72. The molecular formula is C11H21N. The van der Waals surface area contributed by atoms with Gasteiger partial charge in [-0.3, -0.25) is 0 Å². The summed E-state index contributed by atoms with van der Waals surface area (Å²) < 4.78 is 0. The average molecular weight is 167 g/mol. The molecule has 1 unspecified atom stereocenters. The molecule has 1 atom stereocenters. The molecule has 0 aliphatic carbocycles. The third-order valence-corrected chi connectivity index (χ3v) is 2.84. The lowest BCUT2D eigenvalue weighted by Gasteiger charge is -2.07. The maximum absolute atomic E-state index is 3.41. The number of hydrogen-bond donors (Lipinski definition) is 1. The largest absolute Gasteiger partial charge is 0.316 e. The van der Waals surface area contributed by atoms with Crippen molar-refractivity contribution in [2.75, 3.05) is 13.1 Å². The first kappa shape index (κ1) is 9.79. The third-order valence-electron chi connectivity index (χ3n) is 2.84. The van der Waals surface area contributed by atoms with E-state index >= 15 is 0 Å². The van der Waals surface area contributed by atoms with Gasteiger partial charge in [-0.2, -0.15) is 0 Å². The molecule has 0 saturated carbocycles. The molecule has 0 spiro atoms. The minimum absolute atomic E-state index is 0.967. The summed E-state index contributed by atoms with van der Waals surface area (Å²) in [6, 6.07) is 0. The zero-order valence-corrected chi connectivity index (χ0v) is 8.40. The van der Waals surface area contributed by atoms with Gasteiger partial charge in [0.1, 0.15) is 0 Å². The fourth-order valence-corrected chi connectivity index (χ4v) is 1.77. The Hall–Kier alpha value is -0.300. The molecule has 0 amide bonds. The predicted molar refractivity (Wildman–Crippen MR) is 54.3 cm³/mol. The van der Waals surface area contributed by atoms with Crippen molar-refractivity contribution < 1.29 is 0 Å². The van der Waals surface area contributed by atoms with Gasteiger partial charge in [0.25, 0.3) is 0 Å². The number of allylic oxidation sites excluding steroid dienone is 2.